The third kappa shape index (κ3) is 30.7. The second kappa shape index (κ2) is 47.6. The van der Waals surface area contributed by atoms with Gasteiger partial charge in [0, 0.05) is 41.6 Å². The summed E-state index contributed by atoms with van der Waals surface area (Å²) in [7, 11) is -1.02. The first-order valence-electron chi connectivity index (χ1n) is 31.9. The molecule has 404 valence electrons. The first kappa shape index (κ1) is 65.0. The van der Waals surface area contributed by atoms with Gasteiger partial charge in [-0.2, -0.15) is 0 Å². The lowest BCUT2D eigenvalue weighted by Crippen LogP contribution is -2.12. The van der Waals surface area contributed by atoms with E-state index in [1.165, 1.54) is 273 Å². The van der Waals surface area contributed by atoms with Crippen molar-refractivity contribution in [2.75, 3.05) is 0 Å². The lowest BCUT2D eigenvalue weighted by molar-refractivity contribution is 0.194. The fraction of sp³-hybridized carbons (Fsp3) is 0.797. The number of ether oxygens (including phenoxy) is 1. The molecule has 1 aliphatic heterocycles. The van der Waals surface area contributed by atoms with Gasteiger partial charge in [-0.25, -0.2) is 0 Å². The molecule has 1 nitrogen and oxygen atoms in total. The molecule has 2 unspecified atom stereocenters. The van der Waals surface area contributed by atoms with Crippen LogP contribution in [-0.2, 0) is 4.74 Å². The lowest BCUT2D eigenvalue weighted by atomic mass is 9.83. The van der Waals surface area contributed by atoms with E-state index in [0.717, 1.165) is 44.9 Å². The van der Waals surface area contributed by atoms with Crippen LogP contribution in [0.2, 0.25) is 0 Å². The molecule has 0 N–H and O–H groups in total. The van der Waals surface area contributed by atoms with E-state index < -0.39 is 7.92 Å². The van der Waals surface area contributed by atoms with Gasteiger partial charge in [0.15, 0.2) is 0 Å². The fourth-order valence-electron chi connectivity index (χ4n) is 10.7. The smallest absolute Gasteiger partial charge is 0.143 e. The van der Waals surface area contributed by atoms with Crippen LogP contribution < -0.4 is 0 Å². The lowest BCUT2D eigenvalue weighted by Gasteiger charge is -2.25. The van der Waals surface area contributed by atoms with Crippen LogP contribution in [0.15, 0.2) is 57.0 Å². The van der Waals surface area contributed by atoms with Crippen molar-refractivity contribution in [2.45, 2.75) is 350 Å². The van der Waals surface area contributed by atoms with Crippen LogP contribution in [0.3, 0.4) is 0 Å². The molecule has 0 saturated heterocycles. The van der Waals surface area contributed by atoms with Gasteiger partial charge in [0.05, 0.1) is 7.92 Å². The average Bonchev–Trinajstić information content (AvgIpc) is 3.90. The van der Waals surface area contributed by atoms with Crippen molar-refractivity contribution >= 4 is 7.92 Å². The molecule has 0 radical (unpaired) electrons. The predicted octanol–water partition coefficient (Wildman–Crippen LogP) is 24.2. The minimum atomic E-state index is -1.02. The molecule has 0 saturated carbocycles. The van der Waals surface area contributed by atoms with E-state index in [9.17, 15) is 0 Å². The first-order chi connectivity index (χ1) is 35.1. The summed E-state index contributed by atoms with van der Waals surface area (Å²) in [4.78, 5) is 0. The van der Waals surface area contributed by atoms with Gasteiger partial charge in [-0.1, -0.05) is 295 Å². The highest BCUT2D eigenvalue weighted by molar-refractivity contribution is 7.72. The monoisotopic (exact) mass is 993 g/mol. The van der Waals surface area contributed by atoms with Gasteiger partial charge in [-0.15, -0.1) is 0 Å². The molecule has 2 aliphatic rings. The summed E-state index contributed by atoms with van der Waals surface area (Å²) in [5, 5.41) is 1.33. The number of hydrogen-bond acceptors (Lipinski definition) is 1. The minimum Gasteiger partial charge on any atom is -0.486 e. The zero-order chi connectivity index (χ0) is 51.1. The van der Waals surface area contributed by atoms with E-state index in [4.69, 9.17) is 4.74 Å². The van der Waals surface area contributed by atoms with Gasteiger partial charge >= 0.3 is 0 Å². The summed E-state index contributed by atoms with van der Waals surface area (Å²) in [6, 6.07) is 0. The highest BCUT2D eigenvalue weighted by Crippen LogP contribution is 2.56. The van der Waals surface area contributed by atoms with Gasteiger partial charge in [0.2, 0.25) is 0 Å². The zero-order valence-electron chi connectivity index (χ0n) is 48.7. The maximum atomic E-state index is 7.21. The molecule has 0 spiro atoms. The Bertz CT molecular complexity index is 1610. The second-order valence-corrected chi connectivity index (χ2v) is 23.5. The van der Waals surface area contributed by atoms with Gasteiger partial charge in [0.25, 0.3) is 0 Å². The predicted molar refractivity (Wildman–Crippen MR) is 320 cm³/mol. The molecule has 1 heterocycles. The normalized spacial score (nSPS) is 14.4. The molecular formula is C69H117OP. The minimum absolute atomic E-state index is 0.0685. The van der Waals surface area contributed by atoms with Crippen molar-refractivity contribution in [1.29, 1.82) is 0 Å². The topological polar surface area (TPSA) is 9.23 Å². The summed E-state index contributed by atoms with van der Waals surface area (Å²) in [5.74, 6) is 8.91. The number of hydrogen-bond donors (Lipinski definition) is 0. The van der Waals surface area contributed by atoms with Gasteiger partial charge in [0.1, 0.15) is 11.9 Å². The molecule has 0 amide bonds. The Kier molecular flexibility index (Phi) is 43.5. The van der Waals surface area contributed by atoms with Crippen LogP contribution in [0.25, 0.3) is 0 Å². The SMILES string of the molecule is CCCCC=C=C=C(C(CCCCCCCCCCCCCCCCCCCCCCCCCCC)C1=C(CCCC)OC2C=C(CCCC)C(CCCC)=C12)P(C#CCCCCC)C#CCCCCC. The van der Waals surface area contributed by atoms with Crippen LogP contribution in [0.5, 0.6) is 0 Å². The molecular weight excluding hydrogens is 876 g/mol. The Morgan fingerprint density at radius 3 is 1.35 bits per heavy atom. The maximum Gasteiger partial charge on any atom is 0.143 e. The standard InChI is InChI=1S/C69H117OP/c1-8-15-22-26-27-28-29-30-31-32-33-34-35-36-37-38-39-40-41-42-43-44-45-47-50-56-64(69-65(57-21-14-7)70-66-61-62(54-19-12-5)63(68(66)69)55-20-13-6)67(58-51-46-23-16-9-2)71(59-52-48-24-17-10-3)60-53-49-25-18-11-4/h46,61,64,66H,8-45,47-50,54-57H2,1-7H3. The van der Waals surface area contributed by atoms with Crippen LogP contribution in [-0.4, -0.2) is 6.10 Å². The summed E-state index contributed by atoms with van der Waals surface area (Å²) < 4.78 is 7.21. The van der Waals surface area contributed by atoms with E-state index in [0.29, 0.717) is 0 Å². The van der Waals surface area contributed by atoms with Crippen molar-refractivity contribution in [3.05, 3.63) is 57.0 Å². The second-order valence-electron chi connectivity index (χ2n) is 21.9. The molecule has 71 heavy (non-hydrogen) atoms. The van der Waals surface area contributed by atoms with Crippen molar-refractivity contribution < 1.29 is 4.74 Å². The molecule has 2 atom stereocenters. The first-order valence-corrected chi connectivity index (χ1v) is 33.3. The Hall–Kier alpha value is -2.13. The van der Waals surface area contributed by atoms with E-state index >= 15 is 0 Å². The Morgan fingerprint density at radius 2 is 0.887 bits per heavy atom. The summed E-state index contributed by atoms with van der Waals surface area (Å²) >= 11 is 0. The van der Waals surface area contributed by atoms with Crippen LogP contribution >= 0.6 is 7.92 Å². The summed E-state index contributed by atoms with van der Waals surface area (Å²) in [6.45, 7) is 16.2. The Labute approximate surface area is 446 Å². The number of rotatable bonds is 47. The molecule has 2 heteroatoms. The van der Waals surface area contributed by atoms with Crippen molar-refractivity contribution in [3.8, 4) is 23.2 Å². The highest BCUT2D eigenvalue weighted by Gasteiger charge is 2.41. The molecule has 1 aliphatic carbocycles. The third-order valence-corrected chi connectivity index (χ3v) is 16.9. The summed E-state index contributed by atoms with van der Waals surface area (Å²) in [5.41, 5.74) is 21.6. The van der Waals surface area contributed by atoms with Crippen molar-refractivity contribution in [3.63, 3.8) is 0 Å². The van der Waals surface area contributed by atoms with Crippen molar-refractivity contribution in [2.24, 2.45) is 5.92 Å². The van der Waals surface area contributed by atoms with E-state index in [1.54, 1.807) is 11.1 Å². The molecule has 2 rings (SSSR count). The van der Waals surface area contributed by atoms with E-state index in [1.807, 2.05) is 0 Å². The van der Waals surface area contributed by atoms with Crippen LogP contribution in [0.4, 0.5) is 0 Å². The van der Waals surface area contributed by atoms with Gasteiger partial charge in [-0.3, -0.25) is 0 Å². The average molecular weight is 994 g/mol. The van der Waals surface area contributed by atoms with Gasteiger partial charge in [-0.05, 0) is 87.5 Å². The van der Waals surface area contributed by atoms with E-state index in [-0.39, 0.29) is 12.0 Å². The fourth-order valence-corrected chi connectivity index (χ4v) is 12.3. The number of allylic oxidation sites excluding steroid dienone is 5. The molecule has 0 aromatic heterocycles. The van der Waals surface area contributed by atoms with E-state index in [2.05, 4.69) is 95.2 Å². The quantitative estimate of drug-likeness (QED) is 0.0256. The van der Waals surface area contributed by atoms with Gasteiger partial charge < -0.3 is 4.74 Å². The molecule has 0 aromatic rings. The number of fused-ring (bicyclic) bond motifs is 1. The molecule has 0 fully saturated rings. The Balaban J connectivity index is 2.18. The maximum absolute atomic E-state index is 7.21. The summed E-state index contributed by atoms with van der Waals surface area (Å²) in [6.07, 6.45) is 64.9. The van der Waals surface area contributed by atoms with Crippen LogP contribution in [0, 0.1) is 29.1 Å². The largest absolute Gasteiger partial charge is 0.486 e. The van der Waals surface area contributed by atoms with Crippen LogP contribution in [0.1, 0.15) is 344 Å². The Morgan fingerprint density at radius 1 is 0.479 bits per heavy atom. The molecule has 0 bridgehead atoms. The number of unbranched alkanes of at least 4 members (excludes halogenated alkanes) is 35. The zero-order valence-corrected chi connectivity index (χ0v) is 49.6. The third-order valence-electron chi connectivity index (χ3n) is 15.3. The highest BCUT2D eigenvalue weighted by atomic mass is 31.1. The van der Waals surface area contributed by atoms with Crippen molar-refractivity contribution in [1.82, 2.24) is 0 Å². The molecule has 0 aromatic carbocycles.